The number of rotatable bonds is 3. The van der Waals surface area contributed by atoms with Crippen LogP contribution in [0.1, 0.15) is 44.0 Å². The van der Waals surface area contributed by atoms with Gasteiger partial charge in [0.15, 0.2) is 0 Å². The molecule has 29 heavy (non-hydrogen) atoms. The lowest BCUT2D eigenvalue weighted by atomic mass is 9.84. The molecule has 0 unspecified atom stereocenters. The van der Waals surface area contributed by atoms with E-state index in [9.17, 15) is 14.7 Å². The summed E-state index contributed by atoms with van der Waals surface area (Å²) in [5.74, 6) is -1.72. The molecule has 1 saturated heterocycles. The predicted octanol–water partition coefficient (Wildman–Crippen LogP) is 4.03. The smallest absolute Gasteiger partial charge is 0.341 e. The molecule has 0 atom stereocenters. The summed E-state index contributed by atoms with van der Waals surface area (Å²) in [5, 5.41) is 9.96. The molecule has 0 spiro atoms. The summed E-state index contributed by atoms with van der Waals surface area (Å²) in [6, 6.07) is 3.00. The van der Waals surface area contributed by atoms with E-state index in [-0.39, 0.29) is 16.4 Å². The molecule has 1 aliphatic heterocycles. The van der Waals surface area contributed by atoms with Crippen molar-refractivity contribution in [3.8, 4) is 0 Å². The van der Waals surface area contributed by atoms with Crippen molar-refractivity contribution in [2.24, 2.45) is 5.41 Å². The van der Waals surface area contributed by atoms with Crippen LogP contribution in [0.4, 0.5) is 10.1 Å². The lowest BCUT2D eigenvalue weighted by Crippen LogP contribution is -2.40. The molecule has 2 aromatic heterocycles. The summed E-state index contributed by atoms with van der Waals surface area (Å²) in [5.41, 5.74) is 0.620. The molecular formula is C22H24FN3O3. The summed E-state index contributed by atoms with van der Waals surface area (Å²) in [7, 11) is 0. The van der Waals surface area contributed by atoms with Crippen LogP contribution in [-0.4, -0.2) is 33.7 Å². The van der Waals surface area contributed by atoms with Gasteiger partial charge in [-0.05, 0) is 37.3 Å². The molecule has 1 fully saturated rings. The zero-order valence-electron chi connectivity index (χ0n) is 16.8. The topological polar surface area (TPSA) is 75.4 Å². The molecule has 0 radical (unpaired) electrons. The van der Waals surface area contributed by atoms with Crippen LogP contribution in [0.25, 0.3) is 21.8 Å². The number of carbonyl (C=O) groups is 1. The van der Waals surface area contributed by atoms with Crippen molar-refractivity contribution in [3.63, 3.8) is 0 Å². The number of nitrogens with zero attached hydrogens (tertiary/aromatic N) is 3. The van der Waals surface area contributed by atoms with Gasteiger partial charge in [0.05, 0.1) is 28.3 Å². The lowest BCUT2D eigenvalue weighted by molar-refractivity contribution is 0.0695. The minimum Gasteiger partial charge on any atom is -0.477 e. The molecule has 7 heteroatoms. The van der Waals surface area contributed by atoms with Crippen molar-refractivity contribution in [2.75, 3.05) is 18.0 Å². The molecular weight excluding hydrogens is 373 g/mol. The van der Waals surface area contributed by atoms with Crippen molar-refractivity contribution in [3.05, 3.63) is 46.1 Å². The molecule has 1 N–H and O–H groups in total. The van der Waals surface area contributed by atoms with Gasteiger partial charge in [-0.15, -0.1) is 0 Å². The number of aromatic carboxylic acids is 1. The standard InChI is InChI=1S/C22H24FN3O3/c1-4-25-11-14(21(28)29)20(27)19-13-8-15(23)17(9-16(13)24-10-18(19)25)26-7-5-6-22(2,3)12-26/h8-11H,4-7,12H2,1-3H3,(H,28,29). The number of pyridine rings is 2. The van der Waals surface area contributed by atoms with E-state index >= 15 is 4.39 Å². The van der Waals surface area contributed by atoms with Crippen LogP contribution in [0, 0.1) is 11.2 Å². The molecule has 3 aromatic rings. The summed E-state index contributed by atoms with van der Waals surface area (Å²) in [6.45, 7) is 8.17. The van der Waals surface area contributed by atoms with Crippen LogP contribution in [0.2, 0.25) is 0 Å². The quantitative estimate of drug-likeness (QED) is 0.675. The highest BCUT2D eigenvalue weighted by molar-refractivity contribution is 6.07. The van der Waals surface area contributed by atoms with Gasteiger partial charge in [-0.1, -0.05) is 13.8 Å². The van der Waals surface area contributed by atoms with Crippen LogP contribution < -0.4 is 10.3 Å². The molecule has 4 rings (SSSR count). The highest BCUT2D eigenvalue weighted by Gasteiger charge is 2.28. The Labute approximate surface area is 167 Å². The molecule has 1 aromatic carbocycles. The Morgan fingerprint density at radius 1 is 1.34 bits per heavy atom. The second-order valence-corrected chi connectivity index (χ2v) is 8.49. The van der Waals surface area contributed by atoms with Crippen molar-refractivity contribution >= 4 is 33.5 Å². The summed E-state index contributed by atoms with van der Waals surface area (Å²) < 4.78 is 16.8. The van der Waals surface area contributed by atoms with E-state index in [1.54, 1.807) is 16.8 Å². The Balaban J connectivity index is 1.98. The first-order chi connectivity index (χ1) is 13.7. The minimum absolute atomic E-state index is 0.0989. The minimum atomic E-state index is -1.29. The lowest BCUT2D eigenvalue weighted by Gasteiger charge is -2.39. The Morgan fingerprint density at radius 2 is 2.10 bits per heavy atom. The van der Waals surface area contributed by atoms with Gasteiger partial charge in [-0.25, -0.2) is 9.18 Å². The maximum atomic E-state index is 15.2. The van der Waals surface area contributed by atoms with Gasteiger partial charge in [0, 0.05) is 31.2 Å². The van der Waals surface area contributed by atoms with Crippen LogP contribution in [-0.2, 0) is 6.54 Å². The Morgan fingerprint density at radius 3 is 2.76 bits per heavy atom. The van der Waals surface area contributed by atoms with E-state index in [1.807, 2.05) is 11.8 Å². The number of aryl methyl sites for hydroxylation is 1. The molecule has 6 nitrogen and oxygen atoms in total. The van der Waals surface area contributed by atoms with Crippen LogP contribution in [0.15, 0.2) is 29.3 Å². The molecule has 0 saturated carbocycles. The third-order valence-electron chi connectivity index (χ3n) is 5.79. The first-order valence-electron chi connectivity index (χ1n) is 9.85. The predicted molar refractivity (Wildman–Crippen MR) is 111 cm³/mol. The maximum Gasteiger partial charge on any atom is 0.341 e. The number of aromatic nitrogens is 2. The van der Waals surface area contributed by atoms with Gasteiger partial charge in [0.25, 0.3) is 0 Å². The molecule has 0 bridgehead atoms. The highest BCUT2D eigenvalue weighted by atomic mass is 19.1. The van der Waals surface area contributed by atoms with Gasteiger partial charge < -0.3 is 14.6 Å². The van der Waals surface area contributed by atoms with Crippen molar-refractivity contribution in [1.82, 2.24) is 9.55 Å². The van der Waals surface area contributed by atoms with Crippen LogP contribution in [0.3, 0.4) is 0 Å². The SMILES string of the molecule is CCn1cc(C(=O)O)c(=O)c2c3cc(F)c(N4CCCC(C)(C)C4)cc3ncc21. The average Bonchev–Trinajstić information content (AvgIpc) is 2.66. The average molecular weight is 397 g/mol. The molecule has 0 aliphatic carbocycles. The number of halogens is 1. The van der Waals surface area contributed by atoms with Gasteiger partial charge in [0.1, 0.15) is 11.4 Å². The van der Waals surface area contributed by atoms with E-state index < -0.39 is 17.2 Å². The number of benzene rings is 1. The zero-order valence-corrected chi connectivity index (χ0v) is 16.8. The zero-order chi connectivity index (χ0) is 20.9. The van der Waals surface area contributed by atoms with Gasteiger partial charge in [-0.3, -0.25) is 9.78 Å². The number of hydrogen-bond acceptors (Lipinski definition) is 4. The Hall–Kier alpha value is -2.96. The normalized spacial score (nSPS) is 16.5. The van der Waals surface area contributed by atoms with Crippen LogP contribution >= 0.6 is 0 Å². The van der Waals surface area contributed by atoms with E-state index in [0.717, 1.165) is 25.9 Å². The second-order valence-electron chi connectivity index (χ2n) is 8.49. The van der Waals surface area contributed by atoms with Crippen molar-refractivity contribution < 1.29 is 14.3 Å². The van der Waals surface area contributed by atoms with E-state index in [1.165, 1.54) is 12.3 Å². The van der Waals surface area contributed by atoms with Crippen molar-refractivity contribution in [2.45, 2.75) is 40.2 Å². The van der Waals surface area contributed by atoms with E-state index in [2.05, 4.69) is 18.8 Å². The number of anilines is 1. The third-order valence-corrected chi connectivity index (χ3v) is 5.79. The molecule has 0 amide bonds. The van der Waals surface area contributed by atoms with Gasteiger partial charge in [0.2, 0.25) is 5.43 Å². The first-order valence-corrected chi connectivity index (χ1v) is 9.85. The first kappa shape index (κ1) is 19.4. The number of carboxylic acids is 1. The number of piperidine rings is 1. The van der Waals surface area contributed by atoms with E-state index in [4.69, 9.17) is 0 Å². The fourth-order valence-electron chi connectivity index (χ4n) is 4.35. The highest BCUT2D eigenvalue weighted by Crippen LogP contribution is 2.35. The monoisotopic (exact) mass is 397 g/mol. The van der Waals surface area contributed by atoms with Crippen LogP contribution in [0.5, 0.6) is 0 Å². The van der Waals surface area contributed by atoms with Crippen molar-refractivity contribution in [1.29, 1.82) is 0 Å². The van der Waals surface area contributed by atoms with Gasteiger partial charge >= 0.3 is 5.97 Å². The molecule has 152 valence electrons. The third kappa shape index (κ3) is 3.24. The van der Waals surface area contributed by atoms with Gasteiger partial charge in [-0.2, -0.15) is 0 Å². The fraction of sp³-hybridized carbons (Fsp3) is 0.409. The summed E-state index contributed by atoms with van der Waals surface area (Å²) >= 11 is 0. The number of fused-ring (bicyclic) bond motifs is 3. The largest absolute Gasteiger partial charge is 0.477 e. The summed E-state index contributed by atoms with van der Waals surface area (Å²) in [4.78, 5) is 30.9. The molecule has 3 heterocycles. The molecule has 1 aliphatic rings. The Bertz CT molecular complexity index is 1200. The Kier molecular flexibility index (Phi) is 4.56. The number of carboxylic acid groups (broad SMARTS) is 1. The maximum absolute atomic E-state index is 15.2. The van der Waals surface area contributed by atoms with E-state index in [0.29, 0.717) is 28.7 Å². The fourth-order valence-corrected chi connectivity index (χ4v) is 4.35. The summed E-state index contributed by atoms with van der Waals surface area (Å²) in [6.07, 6.45) is 4.96. The number of hydrogen-bond donors (Lipinski definition) is 1. The second kappa shape index (κ2) is 6.83.